The lowest BCUT2D eigenvalue weighted by molar-refractivity contribution is 0.296. The Balaban J connectivity index is 1.91. The van der Waals surface area contributed by atoms with E-state index in [4.69, 9.17) is 10.5 Å². The minimum atomic E-state index is 0.367. The molecular weight excluding hydrogens is 250 g/mol. The number of nitrogens with two attached hydrogens (primary N) is 1. The molecule has 0 spiro atoms. The highest BCUT2D eigenvalue weighted by Crippen LogP contribution is 2.12. The summed E-state index contributed by atoms with van der Waals surface area (Å²) in [4.78, 5) is 4.29. The summed E-state index contributed by atoms with van der Waals surface area (Å²) in [6, 6.07) is 7.74. The summed E-state index contributed by atoms with van der Waals surface area (Å²) in [7, 11) is 0. The first-order valence-corrected chi connectivity index (χ1v) is 6.75. The van der Waals surface area contributed by atoms with Gasteiger partial charge < -0.3 is 15.0 Å². The maximum Gasteiger partial charge on any atom is 0.120 e. The summed E-state index contributed by atoms with van der Waals surface area (Å²) in [5.41, 5.74) is 6.28. The van der Waals surface area contributed by atoms with Crippen molar-refractivity contribution in [2.45, 2.75) is 19.9 Å². The number of aryl methyl sites for hydroxylation is 1. The van der Waals surface area contributed by atoms with E-state index in [0.717, 1.165) is 30.1 Å². The van der Waals surface area contributed by atoms with Crippen LogP contribution in [-0.4, -0.2) is 22.7 Å². The van der Waals surface area contributed by atoms with E-state index < -0.39 is 0 Å². The molecule has 0 amide bonds. The Morgan fingerprint density at radius 3 is 3.10 bits per heavy atom. The van der Waals surface area contributed by atoms with Crippen molar-refractivity contribution in [3.63, 3.8) is 0 Å². The average molecular weight is 269 g/mol. The van der Waals surface area contributed by atoms with Crippen molar-refractivity contribution in [2.75, 3.05) is 13.2 Å². The van der Waals surface area contributed by atoms with Gasteiger partial charge in [0, 0.05) is 24.4 Å². The summed E-state index contributed by atoms with van der Waals surface area (Å²) >= 11 is 0. The first kappa shape index (κ1) is 14.2. The Bertz CT molecular complexity index is 607. The molecular formula is C16H19N3O. The largest absolute Gasteiger partial charge is 0.492 e. The molecule has 0 aliphatic rings. The van der Waals surface area contributed by atoms with Gasteiger partial charge in [0.25, 0.3) is 0 Å². The number of hydrogen-bond acceptors (Lipinski definition) is 3. The summed E-state index contributed by atoms with van der Waals surface area (Å²) in [5, 5.41) is 0. The van der Waals surface area contributed by atoms with Crippen molar-refractivity contribution < 1.29 is 4.74 Å². The van der Waals surface area contributed by atoms with Gasteiger partial charge in [-0.2, -0.15) is 0 Å². The molecule has 2 rings (SSSR count). The number of aromatic nitrogens is 2. The third-order valence-electron chi connectivity index (χ3n) is 2.89. The van der Waals surface area contributed by atoms with E-state index in [1.807, 2.05) is 36.7 Å². The molecule has 4 nitrogen and oxygen atoms in total. The molecule has 0 bridgehead atoms. The molecule has 0 unspecified atom stereocenters. The SMILES string of the molecule is CCc1nccn1CCOc1cccc(C#CCN)c1. The third kappa shape index (κ3) is 3.87. The van der Waals surface area contributed by atoms with E-state index in [1.54, 1.807) is 0 Å². The van der Waals surface area contributed by atoms with Crippen LogP contribution in [0, 0.1) is 11.8 Å². The highest BCUT2D eigenvalue weighted by Gasteiger charge is 2.00. The standard InChI is InChI=1S/C16H19N3O/c1-2-16-18-9-10-19(16)11-12-20-15-7-3-5-14(13-15)6-4-8-17/h3,5,7,9-10,13H,2,8,11-12,17H2,1H3. The zero-order valence-electron chi connectivity index (χ0n) is 11.7. The molecule has 0 aliphatic carbocycles. The lowest BCUT2D eigenvalue weighted by Gasteiger charge is -2.09. The fraction of sp³-hybridized carbons (Fsp3) is 0.312. The van der Waals surface area contributed by atoms with Crippen LogP contribution in [0.5, 0.6) is 5.75 Å². The van der Waals surface area contributed by atoms with Crippen LogP contribution in [0.1, 0.15) is 18.3 Å². The zero-order valence-corrected chi connectivity index (χ0v) is 11.7. The predicted octanol–water partition coefficient (Wildman–Crippen LogP) is 1.83. The summed E-state index contributed by atoms with van der Waals surface area (Å²) in [5.74, 6) is 7.74. The number of nitrogens with zero attached hydrogens (tertiary/aromatic N) is 2. The number of hydrogen-bond donors (Lipinski definition) is 1. The maximum atomic E-state index is 5.75. The maximum absolute atomic E-state index is 5.75. The summed E-state index contributed by atoms with van der Waals surface area (Å²) in [6.45, 7) is 3.86. The predicted molar refractivity (Wildman–Crippen MR) is 79.5 cm³/mol. The van der Waals surface area contributed by atoms with Gasteiger partial charge in [0.2, 0.25) is 0 Å². The lowest BCUT2D eigenvalue weighted by atomic mass is 10.2. The summed E-state index contributed by atoms with van der Waals surface area (Å²) < 4.78 is 7.86. The van der Waals surface area contributed by atoms with Crippen LogP contribution in [0.4, 0.5) is 0 Å². The van der Waals surface area contributed by atoms with Crippen molar-refractivity contribution in [1.29, 1.82) is 0 Å². The Morgan fingerprint density at radius 1 is 1.40 bits per heavy atom. The van der Waals surface area contributed by atoms with Gasteiger partial charge in [0.1, 0.15) is 18.2 Å². The topological polar surface area (TPSA) is 53.1 Å². The quantitative estimate of drug-likeness (QED) is 0.843. The molecule has 104 valence electrons. The van der Waals surface area contributed by atoms with Crippen LogP contribution in [-0.2, 0) is 13.0 Å². The van der Waals surface area contributed by atoms with Crippen LogP contribution in [0.25, 0.3) is 0 Å². The number of imidazole rings is 1. The smallest absolute Gasteiger partial charge is 0.120 e. The fourth-order valence-corrected chi connectivity index (χ4v) is 1.94. The molecule has 0 saturated heterocycles. The van der Waals surface area contributed by atoms with Crippen molar-refractivity contribution >= 4 is 0 Å². The second kappa shape index (κ2) is 7.37. The van der Waals surface area contributed by atoms with Gasteiger partial charge in [0.15, 0.2) is 0 Å². The third-order valence-corrected chi connectivity index (χ3v) is 2.89. The molecule has 20 heavy (non-hydrogen) atoms. The molecule has 2 aromatic rings. The molecule has 1 heterocycles. The minimum Gasteiger partial charge on any atom is -0.492 e. The Hall–Kier alpha value is -2.25. The van der Waals surface area contributed by atoms with Gasteiger partial charge in [-0.15, -0.1) is 0 Å². The summed E-state index contributed by atoms with van der Waals surface area (Å²) in [6.07, 6.45) is 4.73. The van der Waals surface area contributed by atoms with Crippen molar-refractivity contribution in [3.8, 4) is 17.6 Å². The van der Waals surface area contributed by atoms with Gasteiger partial charge >= 0.3 is 0 Å². The number of rotatable bonds is 5. The van der Waals surface area contributed by atoms with Gasteiger partial charge in [-0.25, -0.2) is 4.98 Å². The highest BCUT2D eigenvalue weighted by atomic mass is 16.5. The Morgan fingerprint density at radius 2 is 2.30 bits per heavy atom. The van der Waals surface area contributed by atoms with Crippen LogP contribution in [0.15, 0.2) is 36.7 Å². The van der Waals surface area contributed by atoms with Crippen LogP contribution >= 0.6 is 0 Å². The first-order valence-electron chi connectivity index (χ1n) is 6.75. The lowest BCUT2D eigenvalue weighted by Crippen LogP contribution is -2.10. The molecule has 4 heteroatoms. The molecule has 1 aromatic carbocycles. The van der Waals surface area contributed by atoms with Gasteiger partial charge in [-0.05, 0) is 18.2 Å². The van der Waals surface area contributed by atoms with Crippen molar-refractivity contribution in [3.05, 3.63) is 48.0 Å². The molecule has 0 radical (unpaired) electrons. The second-order valence-corrected chi connectivity index (χ2v) is 4.27. The van der Waals surface area contributed by atoms with E-state index in [-0.39, 0.29) is 0 Å². The second-order valence-electron chi connectivity index (χ2n) is 4.27. The highest BCUT2D eigenvalue weighted by molar-refractivity contribution is 5.39. The van der Waals surface area contributed by atoms with E-state index in [0.29, 0.717) is 13.2 Å². The van der Waals surface area contributed by atoms with Crippen molar-refractivity contribution in [2.24, 2.45) is 5.73 Å². The van der Waals surface area contributed by atoms with E-state index >= 15 is 0 Å². The molecule has 0 aliphatic heterocycles. The number of benzene rings is 1. The molecule has 1 aromatic heterocycles. The first-order chi connectivity index (χ1) is 9.83. The normalized spacial score (nSPS) is 9.90. The monoisotopic (exact) mass is 269 g/mol. The van der Waals surface area contributed by atoms with Crippen molar-refractivity contribution in [1.82, 2.24) is 9.55 Å². The van der Waals surface area contributed by atoms with E-state index in [2.05, 4.69) is 28.3 Å². The van der Waals surface area contributed by atoms with Gasteiger partial charge in [-0.3, -0.25) is 0 Å². The van der Waals surface area contributed by atoms with Crippen LogP contribution in [0.2, 0.25) is 0 Å². The molecule has 0 fully saturated rings. The molecule has 0 atom stereocenters. The average Bonchev–Trinajstić information content (AvgIpc) is 2.93. The van der Waals surface area contributed by atoms with Gasteiger partial charge in [-0.1, -0.05) is 24.8 Å². The van der Waals surface area contributed by atoms with Gasteiger partial charge in [0.05, 0.1) is 13.1 Å². The Kier molecular flexibility index (Phi) is 5.22. The fourth-order valence-electron chi connectivity index (χ4n) is 1.94. The van der Waals surface area contributed by atoms with E-state index in [9.17, 15) is 0 Å². The zero-order chi connectivity index (χ0) is 14.2. The molecule has 0 saturated carbocycles. The van der Waals surface area contributed by atoms with E-state index in [1.165, 1.54) is 0 Å². The van der Waals surface area contributed by atoms with Crippen LogP contribution < -0.4 is 10.5 Å². The number of ether oxygens (including phenoxy) is 1. The van der Waals surface area contributed by atoms with Crippen LogP contribution in [0.3, 0.4) is 0 Å². The minimum absolute atomic E-state index is 0.367. The Labute approximate surface area is 119 Å². The molecule has 2 N–H and O–H groups in total.